The third-order valence-electron chi connectivity index (χ3n) is 2.78. The molecule has 108 valence electrons. The summed E-state index contributed by atoms with van der Waals surface area (Å²) in [5.74, 6) is 0.314. The SMILES string of the molecule is Nc1ccc(-n2nccc2NS(=O)(=O)c2ccn[nH]2)cc1. The third-order valence-corrected chi connectivity index (χ3v) is 4.07. The van der Waals surface area contributed by atoms with E-state index in [9.17, 15) is 8.42 Å². The number of nitrogens with one attached hydrogen (secondary N) is 2. The van der Waals surface area contributed by atoms with Crippen LogP contribution in [0.25, 0.3) is 5.69 Å². The van der Waals surface area contributed by atoms with Crippen molar-refractivity contribution < 1.29 is 8.42 Å². The smallest absolute Gasteiger partial charge is 0.279 e. The largest absolute Gasteiger partial charge is 0.399 e. The molecule has 0 aliphatic rings. The molecule has 0 saturated heterocycles. The normalized spacial score (nSPS) is 11.4. The molecule has 4 N–H and O–H groups in total. The Labute approximate surface area is 120 Å². The monoisotopic (exact) mass is 304 g/mol. The zero-order valence-electron chi connectivity index (χ0n) is 10.8. The molecule has 0 bridgehead atoms. The summed E-state index contributed by atoms with van der Waals surface area (Å²) in [6, 6.07) is 9.84. The fourth-order valence-corrected chi connectivity index (χ4v) is 2.74. The molecule has 1 aromatic carbocycles. The van der Waals surface area contributed by atoms with Gasteiger partial charge < -0.3 is 5.73 Å². The Kier molecular flexibility index (Phi) is 3.10. The van der Waals surface area contributed by atoms with Crippen LogP contribution >= 0.6 is 0 Å². The quantitative estimate of drug-likeness (QED) is 0.621. The Bertz CT molecular complexity index is 836. The molecule has 0 radical (unpaired) electrons. The van der Waals surface area contributed by atoms with E-state index in [0.29, 0.717) is 17.2 Å². The second-order valence-electron chi connectivity index (χ2n) is 4.25. The summed E-state index contributed by atoms with van der Waals surface area (Å²) in [6.07, 6.45) is 2.87. The van der Waals surface area contributed by atoms with Crippen LogP contribution in [0, 0.1) is 0 Å². The van der Waals surface area contributed by atoms with Crippen molar-refractivity contribution >= 4 is 21.5 Å². The second kappa shape index (κ2) is 4.94. The number of rotatable bonds is 4. The lowest BCUT2D eigenvalue weighted by atomic mass is 10.3. The average molecular weight is 304 g/mol. The van der Waals surface area contributed by atoms with Crippen LogP contribution in [0.4, 0.5) is 11.5 Å². The van der Waals surface area contributed by atoms with Crippen molar-refractivity contribution in [1.82, 2.24) is 20.0 Å². The van der Waals surface area contributed by atoms with E-state index in [4.69, 9.17) is 5.73 Å². The summed E-state index contributed by atoms with van der Waals surface area (Å²) in [5, 5.41) is 10.1. The first-order valence-electron chi connectivity index (χ1n) is 5.98. The van der Waals surface area contributed by atoms with Crippen molar-refractivity contribution in [2.45, 2.75) is 5.03 Å². The minimum Gasteiger partial charge on any atom is -0.399 e. The van der Waals surface area contributed by atoms with Crippen LogP contribution in [0.5, 0.6) is 0 Å². The van der Waals surface area contributed by atoms with E-state index in [-0.39, 0.29) is 5.03 Å². The van der Waals surface area contributed by atoms with Gasteiger partial charge in [0.05, 0.1) is 18.1 Å². The van der Waals surface area contributed by atoms with Gasteiger partial charge in [-0.2, -0.15) is 18.6 Å². The summed E-state index contributed by atoms with van der Waals surface area (Å²) in [7, 11) is -3.73. The van der Waals surface area contributed by atoms with E-state index in [1.807, 2.05) is 0 Å². The van der Waals surface area contributed by atoms with Crippen LogP contribution in [0.2, 0.25) is 0 Å². The predicted molar refractivity (Wildman–Crippen MR) is 77.4 cm³/mol. The Morgan fingerprint density at radius 1 is 1.10 bits per heavy atom. The van der Waals surface area contributed by atoms with Crippen LogP contribution in [0.15, 0.2) is 53.8 Å². The number of nitrogens with two attached hydrogens (primary N) is 1. The maximum Gasteiger partial charge on any atom is 0.279 e. The Morgan fingerprint density at radius 3 is 2.52 bits per heavy atom. The molecule has 3 aromatic rings. The fraction of sp³-hybridized carbons (Fsp3) is 0. The maximum absolute atomic E-state index is 12.2. The summed E-state index contributed by atoms with van der Waals surface area (Å²) in [5.41, 5.74) is 6.94. The molecular weight excluding hydrogens is 292 g/mol. The van der Waals surface area contributed by atoms with Crippen LogP contribution in [0.1, 0.15) is 0 Å². The number of aromatic nitrogens is 4. The Balaban J connectivity index is 1.95. The standard InChI is InChI=1S/C12H12N6O2S/c13-9-1-3-10(4-2-9)18-11(5-8-15-18)17-21(19,20)12-6-7-14-16-12/h1-8,17H,13H2,(H,14,16). The highest BCUT2D eigenvalue weighted by molar-refractivity contribution is 7.92. The van der Waals surface area contributed by atoms with Gasteiger partial charge in [0.1, 0.15) is 5.82 Å². The van der Waals surface area contributed by atoms with Crippen molar-refractivity contribution in [1.29, 1.82) is 0 Å². The summed E-state index contributed by atoms with van der Waals surface area (Å²) < 4.78 is 28.2. The highest BCUT2D eigenvalue weighted by Gasteiger charge is 2.18. The maximum atomic E-state index is 12.2. The number of benzene rings is 1. The van der Waals surface area contributed by atoms with Gasteiger partial charge in [-0.15, -0.1) is 0 Å². The van der Waals surface area contributed by atoms with E-state index < -0.39 is 10.0 Å². The van der Waals surface area contributed by atoms with Crippen LogP contribution in [-0.4, -0.2) is 28.4 Å². The molecule has 0 fully saturated rings. The molecule has 0 aliphatic heterocycles. The average Bonchev–Trinajstić information content (AvgIpc) is 3.10. The number of nitrogens with zero attached hydrogens (tertiary/aromatic N) is 3. The highest BCUT2D eigenvalue weighted by Crippen LogP contribution is 2.19. The van der Waals surface area contributed by atoms with E-state index >= 15 is 0 Å². The van der Waals surface area contributed by atoms with Crippen molar-refractivity contribution in [3.63, 3.8) is 0 Å². The van der Waals surface area contributed by atoms with Gasteiger partial charge in [0.25, 0.3) is 10.0 Å². The minimum absolute atomic E-state index is 0.0208. The lowest BCUT2D eigenvalue weighted by molar-refractivity contribution is 0.596. The van der Waals surface area contributed by atoms with Crippen LogP contribution < -0.4 is 10.5 Å². The molecule has 0 aliphatic carbocycles. The van der Waals surface area contributed by atoms with Gasteiger partial charge in [0.15, 0.2) is 5.03 Å². The van der Waals surface area contributed by atoms with Gasteiger partial charge in [-0.1, -0.05) is 0 Å². The molecule has 2 heterocycles. The topological polar surface area (TPSA) is 119 Å². The molecule has 0 unspecified atom stereocenters. The summed E-state index contributed by atoms with van der Waals surface area (Å²) in [6.45, 7) is 0. The zero-order chi connectivity index (χ0) is 14.9. The van der Waals surface area contributed by atoms with Crippen molar-refractivity contribution in [2.75, 3.05) is 10.5 Å². The number of sulfonamides is 1. The van der Waals surface area contributed by atoms with Crippen LogP contribution in [-0.2, 0) is 10.0 Å². The molecule has 0 spiro atoms. The van der Waals surface area contributed by atoms with Gasteiger partial charge in [-0.05, 0) is 30.3 Å². The minimum atomic E-state index is -3.73. The van der Waals surface area contributed by atoms with Crippen molar-refractivity contribution in [3.05, 3.63) is 48.8 Å². The Morgan fingerprint density at radius 2 is 1.86 bits per heavy atom. The third kappa shape index (κ3) is 2.58. The molecule has 0 saturated carbocycles. The lowest BCUT2D eigenvalue weighted by Gasteiger charge is -2.09. The summed E-state index contributed by atoms with van der Waals surface area (Å²) in [4.78, 5) is 0. The molecule has 21 heavy (non-hydrogen) atoms. The lowest BCUT2D eigenvalue weighted by Crippen LogP contribution is -2.16. The molecule has 3 rings (SSSR count). The molecule has 2 aromatic heterocycles. The van der Waals surface area contributed by atoms with Gasteiger partial charge in [0.2, 0.25) is 0 Å². The first-order valence-corrected chi connectivity index (χ1v) is 7.47. The fourth-order valence-electron chi connectivity index (χ4n) is 1.79. The number of H-pyrrole nitrogens is 1. The molecular formula is C12H12N6O2S. The van der Waals surface area contributed by atoms with Crippen LogP contribution in [0.3, 0.4) is 0 Å². The molecule has 0 amide bonds. The summed E-state index contributed by atoms with van der Waals surface area (Å²) >= 11 is 0. The predicted octanol–water partition coefficient (Wildman–Crippen LogP) is 0.978. The molecule has 0 atom stereocenters. The van der Waals surface area contributed by atoms with Gasteiger partial charge in [0, 0.05) is 11.8 Å². The van der Waals surface area contributed by atoms with E-state index in [1.165, 1.54) is 23.1 Å². The van der Waals surface area contributed by atoms with E-state index in [0.717, 1.165) is 0 Å². The van der Waals surface area contributed by atoms with Crippen molar-refractivity contribution in [3.8, 4) is 5.69 Å². The Hall–Kier alpha value is -2.81. The van der Waals surface area contributed by atoms with Gasteiger partial charge in [-0.3, -0.25) is 9.82 Å². The first-order chi connectivity index (χ1) is 10.1. The molecule has 8 nitrogen and oxygen atoms in total. The highest BCUT2D eigenvalue weighted by atomic mass is 32.2. The number of anilines is 2. The van der Waals surface area contributed by atoms with E-state index in [2.05, 4.69) is 20.0 Å². The van der Waals surface area contributed by atoms with Gasteiger partial charge >= 0.3 is 0 Å². The number of hydrogen-bond donors (Lipinski definition) is 3. The second-order valence-corrected chi connectivity index (χ2v) is 5.90. The van der Waals surface area contributed by atoms with E-state index in [1.54, 1.807) is 30.3 Å². The number of aromatic amines is 1. The first kappa shape index (κ1) is 13.2. The van der Waals surface area contributed by atoms with Crippen molar-refractivity contribution in [2.24, 2.45) is 0 Å². The number of nitrogen functional groups attached to an aromatic ring is 1. The van der Waals surface area contributed by atoms with Gasteiger partial charge in [-0.25, -0.2) is 4.68 Å². The molecule has 9 heteroatoms. The number of hydrogen-bond acceptors (Lipinski definition) is 5. The zero-order valence-corrected chi connectivity index (χ0v) is 11.6.